The molecule has 2 atom stereocenters. The molecule has 1 aliphatic rings. The summed E-state index contributed by atoms with van der Waals surface area (Å²) in [5, 5.41) is 0. The van der Waals surface area contributed by atoms with E-state index in [2.05, 4.69) is 6.92 Å². The Morgan fingerprint density at radius 1 is 1.42 bits per heavy atom. The van der Waals surface area contributed by atoms with Crippen LogP contribution in [0.2, 0.25) is 0 Å². The predicted octanol–water partition coefficient (Wildman–Crippen LogP) is 1.89. The highest BCUT2D eigenvalue weighted by atomic mass is 16.5. The van der Waals surface area contributed by atoms with Gasteiger partial charge in [-0.3, -0.25) is 4.79 Å². The Kier molecular flexibility index (Phi) is 4.43. The topological polar surface area (TPSA) is 55.6 Å². The third-order valence-electron chi connectivity index (χ3n) is 3.91. The van der Waals surface area contributed by atoms with Gasteiger partial charge in [-0.2, -0.15) is 0 Å². The maximum Gasteiger partial charge on any atom is 0.257 e. The van der Waals surface area contributed by atoms with Gasteiger partial charge in [-0.15, -0.1) is 0 Å². The van der Waals surface area contributed by atoms with Gasteiger partial charge in [0.2, 0.25) is 0 Å². The molecular formula is C15H22N2O2. The first-order valence-corrected chi connectivity index (χ1v) is 6.81. The summed E-state index contributed by atoms with van der Waals surface area (Å²) in [5.74, 6) is 1.09. The van der Waals surface area contributed by atoms with E-state index in [4.69, 9.17) is 10.5 Å². The molecule has 1 heterocycles. The van der Waals surface area contributed by atoms with Crippen LogP contribution in [0, 0.1) is 5.92 Å². The minimum Gasteiger partial charge on any atom is -0.496 e. The molecule has 0 saturated carbocycles. The molecule has 1 amide bonds. The quantitative estimate of drug-likeness (QED) is 0.905. The lowest BCUT2D eigenvalue weighted by molar-refractivity contribution is 0.0563. The molecule has 1 aromatic carbocycles. The zero-order chi connectivity index (χ0) is 13.8. The third kappa shape index (κ3) is 2.89. The molecule has 0 radical (unpaired) electrons. The van der Waals surface area contributed by atoms with Gasteiger partial charge in [0, 0.05) is 12.6 Å². The fraction of sp³-hybridized carbons (Fsp3) is 0.533. The largest absolute Gasteiger partial charge is 0.496 e. The lowest BCUT2D eigenvalue weighted by Crippen LogP contribution is -2.47. The first kappa shape index (κ1) is 13.9. The van der Waals surface area contributed by atoms with Gasteiger partial charge in [0.25, 0.3) is 5.91 Å². The summed E-state index contributed by atoms with van der Waals surface area (Å²) in [6.07, 6.45) is 2.12. The molecule has 0 aliphatic carbocycles. The Morgan fingerprint density at radius 3 is 2.84 bits per heavy atom. The van der Waals surface area contributed by atoms with E-state index in [1.807, 2.05) is 29.2 Å². The summed E-state index contributed by atoms with van der Waals surface area (Å²) >= 11 is 0. The summed E-state index contributed by atoms with van der Waals surface area (Å²) in [6.45, 7) is 3.48. The molecule has 0 bridgehead atoms. The van der Waals surface area contributed by atoms with Crippen molar-refractivity contribution in [3.8, 4) is 5.75 Å². The number of methoxy groups -OCH3 is 1. The average Bonchev–Trinajstić information content (AvgIpc) is 2.47. The minimum atomic E-state index is 0.0445. The van der Waals surface area contributed by atoms with E-state index in [1.54, 1.807) is 7.11 Å². The summed E-state index contributed by atoms with van der Waals surface area (Å²) in [4.78, 5) is 14.6. The molecule has 1 aromatic rings. The van der Waals surface area contributed by atoms with Gasteiger partial charge in [-0.05, 0) is 44.4 Å². The first-order valence-electron chi connectivity index (χ1n) is 6.81. The van der Waals surface area contributed by atoms with Crippen molar-refractivity contribution in [3.05, 3.63) is 29.8 Å². The Balaban J connectivity index is 2.22. The van der Waals surface area contributed by atoms with Crippen LogP contribution in [0.5, 0.6) is 5.75 Å². The first-order chi connectivity index (χ1) is 9.17. The number of benzene rings is 1. The fourth-order valence-corrected chi connectivity index (χ4v) is 2.63. The molecule has 1 saturated heterocycles. The second-order valence-electron chi connectivity index (χ2n) is 5.19. The number of para-hydroxylation sites is 1. The number of hydrogen-bond acceptors (Lipinski definition) is 3. The molecular weight excluding hydrogens is 240 g/mol. The van der Waals surface area contributed by atoms with Crippen molar-refractivity contribution in [1.82, 2.24) is 4.90 Å². The highest BCUT2D eigenvalue weighted by molar-refractivity contribution is 5.97. The van der Waals surface area contributed by atoms with Crippen molar-refractivity contribution in [2.75, 3.05) is 20.2 Å². The normalized spacial score (nSPS) is 23.2. The maximum absolute atomic E-state index is 12.7. The zero-order valence-electron chi connectivity index (χ0n) is 11.6. The molecule has 1 aliphatic heterocycles. The fourth-order valence-electron chi connectivity index (χ4n) is 2.63. The number of nitrogens with zero attached hydrogens (tertiary/aromatic N) is 1. The molecule has 4 heteroatoms. The van der Waals surface area contributed by atoms with Crippen LogP contribution >= 0.6 is 0 Å². The second kappa shape index (κ2) is 6.06. The number of nitrogens with two attached hydrogens (primary N) is 1. The van der Waals surface area contributed by atoms with Crippen LogP contribution < -0.4 is 10.5 Å². The molecule has 2 N–H and O–H groups in total. The molecule has 4 nitrogen and oxygen atoms in total. The van der Waals surface area contributed by atoms with E-state index in [9.17, 15) is 4.79 Å². The number of likely N-dealkylation sites (tertiary alicyclic amines) is 1. The molecule has 0 spiro atoms. The van der Waals surface area contributed by atoms with Crippen LogP contribution in [0.25, 0.3) is 0 Å². The van der Waals surface area contributed by atoms with E-state index < -0.39 is 0 Å². The van der Waals surface area contributed by atoms with Crippen molar-refractivity contribution in [2.24, 2.45) is 11.7 Å². The molecule has 19 heavy (non-hydrogen) atoms. The molecule has 104 valence electrons. The van der Waals surface area contributed by atoms with Gasteiger partial charge < -0.3 is 15.4 Å². The maximum atomic E-state index is 12.7. The molecule has 2 unspecified atom stereocenters. The zero-order valence-corrected chi connectivity index (χ0v) is 11.6. The number of carbonyl (C=O) groups excluding carboxylic acids is 1. The number of amides is 1. The van der Waals surface area contributed by atoms with E-state index in [1.165, 1.54) is 0 Å². The van der Waals surface area contributed by atoms with Crippen molar-refractivity contribution in [3.63, 3.8) is 0 Å². The van der Waals surface area contributed by atoms with Crippen LogP contribution in [-0.2, 0) is 0 Å². The Labute approximate surface area is 114 Å². The minimum absolute atomic E-state index is 0.0445. The van der Waals surface area contributed by atoms with Crippen molar-refractivity contribution < 1.29 is 9.53 Å². The summed E-state index contributed by atoms with van der Waals surface area (Å²) in [5.41, 5.74) is 6.38. The molecule has 2 rings (SSSR count). The van der Waals surface area contributed by atoms with Crippen molar-refractivity contribution in [1.29, 1.82) is 0 Å². The number of ether oxygens (including phenoxy) is 1. The Hall–Kier alpha value is -1.55. The van der Waals surface area contributed by atoms with Gasteiger partial charge in [-0.1, -0.05) is 12.1 Å². The lowest BCUT2D eigenvalue weighted by Gasteiger charge is -2.37. The van der Waals surface area contributed by atoms with Gasteiger partial charge in [0.05, 0.1) is 12.7 Å². The van der Waals surface area contributed by atoms with Crippen LogP contribution in [0.4, 0.5) is 0 Å². The summed E-state index contributed by atoms with van der Waals surface area (Å²) in [6, 6.07) is 7.64. The van der Waals surface area contributed by atoms with Crippen molar-refractivity contribution in [2.45, 2.75) is 25.8 Å². The number of rotatable bonds is 3. The highest BCUT2D eigenvalue weighted by Crippen LogP contribution is 2.26. The predicted molar refractivity (Wildman–Crippen MR) is 75.3 cm³/mol. The van der Waals surface area contributed by atoms with E-state index >= 15 is 0 Å². The summed E-state index contributed by atoms with van der Waals surface area (Å²) in [7, 11) is 1.59. The lowest BCUT2D eigenvalue weighted by atomic mass is 9.93. The van der Waals surface area contributed by atoms with Crippen LogP contribution in [0.15, 0.2) is 24.3 Å². The number of carbonyl (C=O) groups is 1. The third-order valence-corrected chi connectivity index (χ3v) is 3.91. The van der Waals surface area contributed by atoms with Crippen molar-refractivity contribution >= 4 is 5.91 Å². The van der Waals surface area contributed by atoms with Gasteiger partial charge in [0.15, 0.2) is 0 Å². The number of hydrogen-bond donors (Lipinski definition) is 1. The molecule has 1 fully saturated rings. The second-order valence-corrected chi connectivity index (χ2v) is 5.19. The SMILES string of the molecule is COc1ccccc1C(=O)N1CC(CN)CCC1C. The standard InChI is InChI=1S/C15H22N2O2/c1-11-7-8-12(9-16)10-17(11)15(18)13-5-3-4-6-14(13)19-2/h3-6,11-12H,7-10,16H2,1-2H3. The number of piperidine rings is 1. The van der Waals surface area contributed by atoms with E-state index in [-0.39, 0.29) is 11.9 Å². The van der Waals surface area contributed by atoms with E-state index in [0.29, 0.717) is 23.8 Å². The van der Waals surface area contributed by atoms with Crippen LogP contribution in [-0.4, -0.2) is 37.0 Å². The van der Waals surface area contributed by atoms with Gasteiger partial charge in [-0.25, -0.2) is 0 Å². The Bertz CT molecular complexity index is 448. The Morgan fingerprint density at radius 2 is 2.16 bits per heavy atom. The smallest absolute Gasteiger partial charge is 0.257 e. The van der Waals surface area contributed by atoms with Gasteiger partial charge >= 0.3 is 0 Å². The summed E-state index contributed by atoms with van der Waals surface area (Å²) < 4.78 is 5.27. The van der Waals surface area contributed by atoms with E-state index in [0.717, 1.165) is 19.4 Å². The highest BCUT2D eigenvalue weighted by Gasteiger charge is 2.30. The average molecular weight is 262 g/mol. The van der Waals surface area contributed by atoms with Crippen LogP contribution in [0.3, 0.4) is 0 Å². The monoisotopic (exact) mass is 262 g/mol. The van der Waals surface area contributed by atoms with Gasteiger partial charge in [0.1, 0.15) is 5.75 Å². The molecule has 0 aromatic heterocycles. The van der Waals surface area contributed by atoms with Crippen LogP contribution in [0.1, 0.15) is 30.1 Å².